The maximum Gasteiger partial charge on any atom is 0.305 e. The number of unbranched alkanes of at least 4 members (excludes halogenated alkanes) is 44. The van der Waals surface area contributed by atoms with E-state index in [9.17, 15) is 19.8 Å². The first-order valence-corrected chi connectivity index (χ1v) is 33.9. The average molecular weight is 1070 g/mol. The van der Waals surface area contributed by atoms with Gasteiger partial charge in [-0.25, -0.2) is 0 Å². The van der Waals surface area contributed by atoms with Gasteiger partial charge in [0.05, 0.1) is 25.4 Å². The van der Waals surface area contributed by atoms with Gasteiger partial charge < -0.3 is 20.3 Å². The van der Waals surface area contributed by atoms with E-state index in [1.165, 1.54) is 263 Å². The molecule has 0 spiro atoms. The molecule has 0 aliphatic heterocycles. The average Bonchev–Trinajstić information content (AvgIpc) is 3.42. The summed E-state index contributed by atoms with van der Waals surface area (Å²) < 4.78 is 5.41. The highest BCUT2D eigenvalue weighted by molar-refractivity contribution is 5.76. The first-order chi connectivity index (χ1) is 37.5. The summed E-state index contributed by atoms with van der Waals surface area (Å²) in [7, 11) is 0. The van der Waals surface area contributed by atoms with Gasteiger partial charge in [0.25, 0.3) is 0 Å². The second-order valence-electron chi connectivity index (χ2n) is 23.1. The fourth-order valence-corrected chi connectivity index (χ4v) is 10.4. The summed E-state index contributed by atoms with van der Waals surface area (Å²) in [5.41, 5.74) is 0. The van der Waals surface area contributed by atoms with Crippen LogP contribution in [0.3, 0.4) is 0 Å². The van der Waals surface area contributed by atoms with Crippen LogP contribution in [0.15, 0.2) is 48.6 Å². The smallest absolute Gasteiger partial charge is 0.305 e. The van der Waals surface area contributed by atoms with E-state index in [4.69, 9.17) is 4.74 Å². The van der Waals surface area contributed by atoms with Gasteiger partial charge >= 0.3 is 5.97 Å². The Hall–Kier alpha value is -2.18. The lowest BCUT2D eigenvalue weighted by molar-refractivity contribution is -0.143. The molecule has 0 rings (SSSR count). The largest absolute Gasteiger partial charge is 0.465 e. The van der Waals surface area contributed by atoms with Gasteiger partial charge in [-0.3, -0.25) is 9.59 Å². The normalized spacial score (nSPS) is 12.8. The molecule has 6 heteroatoms. The van der Waals surface area contributed by atoms with E-state index in [0.717, 1.165) is 64.2 Å². The van der Waals surface area contributed by atoms with Crippen molar-refractivity contribution in [1.82, 2.24) is 5.32 Å². The number of rotatable bonds is 63. The number of ether oxygens (including phenoxy) is 1. The Morgan fingerprint density at radius 3 is 1.04 bits per heavy atom. The molecule has 0 aliphatic carbocycles. The third kappa shape index (κ3) is 61.0. The minimum atomic E-state index is -0.670. The number of nitrogens with one attached hydrogen (secondary N) is 1. The highest BCUT2D eigenvalue weighted by Crippen LogP contribution is 2.18. The molecule has 0 fully saturated rings. The Morgan fingerprint density at radius 2 is 0.671 bits per heavy atom. The highest BCUT2D eigenvalue weighted by atomic mass is 16.5. The number of hydrogen-bond donors (Lipinski definition) is 3. The number of carbonyl (C=O) groups is 2. The molecule has 76 heavy (non-hydrogen) atoms. The molecule has 0 aromatic rings. The second kappa shape index (κ2) is 65.3. The predicted molar refractivity (Wildman–Crippen MR) is 333 cm³/mol. The van der Waals surface area contributed by atoms with Crippen molar-refractivity contribution in [3.8, 4) is 0 Å². The first kappa shape index (κ1) is 73.8. The molecule has 6 nitrogen and oxygen atoms in total. The lowest BCUT2D eigenvalue weighted by atomic mass is 10.0. The van der Waals surface area contributed by atoms with Crippen molar-refractivity contribution in [1.29, 1.82) is 0 Å². The van der Waals surface area contributed by atoms with Crippen LogP contribution >= 0.6 is 0 Å². The van der Waals surface area contributed by atoms with Gasteiger partial charge in [-0.15, -0.1) is 0 Å². The van der Waals surface area contributed by atoms with Crippen LogP contribution in [0.2, 0.25) is 0 Å². The predicted octanol–water partition coefficient (Wildman–Crippen LogP) is 21.7. The zero-order valence-corrected chi connectivity index (χ0v) is 51.0. The Bertz CT molecular complexity index is 1270. The standard InChI is InChI=1S/C70H131NO5/c1-3-5-7-9-11-13-15-17-19-20-21-22-23-24-26-29-32-35-38-42-46-50-54-58-62-68(73)67(66-72)71-69(74)63-59-55-51-47-43-39-36-33-30-27-25-28-31-34-37-41-45-49-53-57-61-65-76-70(75)64-60-56-52-48-44-40-18-16-14-12-10-8-6-4-2/h10,12,16,18,41,45,53,57,67-68,72-73H,3-9,11,13-15,17,19-40,42-44,46-52,54-56,58-66H2,1-2H3,(H,71,74)/b12-10-,18-16-,45-41-,57-53-. The van der Waals surface area contributed by atoms with E-state index in [1.807, 2.05) is 0 Å². The molecule has 0 aromatic heterocycles. The van der Waals surface area contributed by atoms with E-state index in [2.05, 4.69) is 67.8 Å². The highest BCUT2D eigenvalue weighted by Gasteiger charge is 2.20. The number of carbonyl (C=O) groups excluding carboxylic acids is 2. The fourth-order valence-electron chi connectivity index (χ4n) is 10.4. The van der Waals surface area contributed by atoms with Gasteiger partial charge in [-0.05, 0) is 70.6 Å². The van der Waals surface area contributed by atoms with Crippen molar-refractivity contribution < 1.29 is 24.5 Å². The van der Waals surface area contributed by atoms with Crippen molar-refractivity contribution >= 4 is 11.9 Å². The zero-order chi connectivity index (χ0) is 55.0. The zero-order valence-electron chi connectivity index (χ0n) is 51.0. The topological polar surface area (TPSA) is 95.9 Å². The van der Waals surface area contributed by atoms with Crippen LogP contribution in [0, 0.1) is 0 Å². The quantitative estimate of drug-likeness (QED) is 0.0320. The minimum absolute atomic E-state index is 0.0366. The molecule has 3 N–H and O–H groups in total. The summed E-state index contributed by atoms with van der Waals surface area (Å²) in [6.45, 7) is 4.82. The SMILES string of the molecule is CCCC/C=C\C/C=C\CCCCCCCC(=O)OCC/C=C\C/C=C\CCCCCCCCCCCCCCCCC(=O)NC(CO)C(O)CCCCCCCCCCCCCCCCCCCCCCCCCC. The Labute approximate surface area is 474 Å². The fraction of sp³-hybridized carbons (Fsp3) is 0.857. The molecule has 0 saturated heterocycles. The minimum Gasteiger partial charge on any atom is -0.465 e. The molecule has 0 saturated carbocycles. The summed E-state index contributed by atoms with van der Waals surface area (Å²) in [6.07, 6.45) is 84.4. The summed E-state index contributed by atoms with van der Waals surface area (Å²) in [5.74, 6) is -0.0862. The lowest BCUT2D eigenvalue weighted by Gasteiger charge is -2.22. The van der Waals surface area contributed by atoms with Gasteiger partial charge in [0.15, 0.2) is 0 Å². The monoisotopic (exact) mass is 1070 g/mol. The van der Waals surface area contributed by atoms with Crippen LogP contribution in [-0.2, 0) is 14.3 Å². The third-order valence-corrected chi connectivity index (χ3v) is 15.6. The number of aliphatic hydroxyl groups is 2. The second-order valence-corrected chi connectivity index (χ2v) is 23.1. The van der Waals surface area contributed by atoms with E-state index in [0.29, 0.717) is 25.9 Å². The molecular formula is C70H131NO5. The van der Waals surface area contributed by atoms with Gasteiger partial charge in [-0.2, -0.15) is 0 Å². The summed E-state index contributed by atoms with van der Waals surface area (Å²) >= 11 is 0. The Balaban J connectivity index is 3.45. The van der Waals surface area contributed by atoms with Crippen LogP contribution in [0.4, 0.5) is 0 Å². The summed E-state index contributed by atoms with van der Waals surface area (Å²) in [5, 5.41) is 23.4. The lowest BCUT2D eigenvalue weighted by Crippen LogP contribution is -2.45. The van der Waals surface area contributed by atoms with E-state index < -0.39 is 12.1 Å². The van der Waals surface area contributed by atoms with Crippen LogP contribution in [0.1, 0.15) is 361 Å². The molecule has 446 valence electrons. The molecular weight excluding hydrogens is 935 g/mol. The van der Waals surface area contributed by atoms with Gasteiger partial charge in [0, 0.05) is 12.8 Å². The van der Waals surface area contributed by atoms with E-state index in [-0.39, 0.29) is 18.5 Å². The maximum atomic E-state index is 12.5. The number of aliphatic hydroxyl groups excluding tert-OH is 2. The first-order valence-electron chi connectivity index (χ1n) is 33.9. The Kier molecular flexibility index (Phi) is 63.5. The van der Waals surface area contributed by atoms with Crippen LogP contribution < -0.4 is 5.32 Å². The third-order valence-electron chi connectivity index (χ3n) is 15.6. The number of amides is 1. The van der Waals surface area contributed by atoms with Crippen molar-refractivity contribution in [2.75, 3.05) is 13.2 Å². The van der Waals surface area contributed by atoms with E-state index in [1.54, 1.807) is 0 Å². The van der Waals surface area contributed by atoms with Gasteiger partial charge in [0.1, 0.15) is 0 Å². The number of esters is 1. The summed E-state index contributed by atoms with van der Waals surface area (Å²) in [4.78, 5) is 24.6. The van der Waals surface area contributed by atoms with Crippen molar-refractivity contribution in [3.63, 3.8) is 0 Å². The molecule has 0 aromatic carbocycles. The molecule has 1 amide bonds. The van der Waals surface area contributed by atoms with Crippen LogP contribution in [0.25, 0.3) is 0 Å². The maximum absolute atomic E-state index is 12.5. The van der Waals surface area contributed by atoms with Crippen molar-refractivity contribution in [2.45, 2.75) is 373 Å². The van der Waals surface area contributed by atoms with E-state index >= 15 is 0 Å². The van der Waals surface area contributed by atoms with Crippen LogP contribution in [0.5, 0.6) is 0 Å². The molecule has 2 atom stereocenters. The van der Waals surface area contributed by atoms with Crippen molar-refractivity contribution in [2.24, 2.45) is 0 Å². The number of hydrogen-bond acceptors (Lipinski definition) is 5. The molecule has 0 bridgehead atoms. The van der Waals surface area contributed by atoms with Crippen LogP contribution in [-0.4, -0.2) is 47.4 Å². The molecule has 0 aliphatic rings. The molecule has 0 radical (unpaired) electrons. The van der Waals surface area contributed by atoms with Crippen molar-refractivity contribution in [3.05, 3.63) is 48.6 Å². The van der Waals surface area contributed by atoms with Gasteiger partial charge in [-0.1, -0.05) is 326 Å². The molecule has 0 heterocycles. The summed E-state index contributed by atoms with van der Waals surface area (Å²) in [6, 6.07) is -0.548. The Morgan fingerprint density at radius 1 is 0.368 bits per heavy atom. The van der Waals surface area contributed by atoms with Gasteiger partial charge in [0.2, 0.25) is 5.91 Å². The molecule has 2 unspecified atom stereocenters. The number of allylic oxidation sites excluding steroid dienone is 7.